The van der Waals surface area contributed by atoms with Gasteiger partial charge in [0.1, 0.15) is 18.5 Å². The minimum absolute atomic E-state index is 0.00342. The van der Waals surface area contributed by atoms with Crippen LogP contribution in [0.15, 0.2) is 76.5 Å². The summed E-state index contributed by atoms with van der Waals surface area (Å²) >= 11 is 0. The van der Waals surface area contributed by atoms with Crippen molar-refractivity contribution in [2.45, 2.75) is 59.6 Å². The lowest BCUT2D eigenvalue weighted by Gasteiger charge is -2.38. The fourth-order valence-corrected chi connectivity index (χ4v) is 9.09. The fraction of sp³-hybridized carbons (Fsp3) is 0.485. The highest BCUT2D eigenvalue weighted by molar-refractivity contribution is 7.89. The predicted octanol–water partition coefficient (Wildman–Crippen LogP) is 2.08. The largest absolute Gasteiger partial charge is 0.491 e. The van der Waals surface area contributed by atoms with Gasteiger partial charge in [-0.1, -0.05) is 36.4 Å². The number of nitrogens with one attached hydrogen (secondary N) is 2. The van der Waals surface area contributed by atoms with Gasteiger partial charge in [-0.05, 0) is 60.7 Å². The van der Waals surface area contributed by atoms with Gasteiger partial charge in [-0.3, -0.25) is 4.79 Å². The molecule has 1 unspecified atom stereocenters. The Morgan fingerprint density at radius 2 is 1.74 bits per heavy atom. The average molecular weight is 687 g/mol. The molecule has 3 aromatic carbocycles. The summed E-state index contributed by atoms with van der Waals surface area (Å²) in [6.07, 6.45) is 2.34. The Kier molecular flexibility index (Phi) is 10.2. The zero-order chi connectivity index (χ0) is 33.1. The molecule has 2 atom stereocenters. The summed E-state index contributed by atoms with van der Waals surface area (Å²) in [4.78, 5) is 13.7. The zero-order valence-electron chi connectivity index (χ0n) is 26.2. The molecule has 14 heteroatoms. The smallest absolute Gasteiger partial charge is 0.243 e. The Balaban J connectivity index is 0.932. The van der Waals surface area contributed by atoms with Gasteiger partial charge in [0.05, 0.1) is 22.0 Å². The van der Waals surface area contributed by atoms with E-state index in [4.69, 9.17) is 9.47 Å². The van der Waals surface area contributed by atoms with Gasteiger partial charge in [0.2, 0.25) is 26.0 Å². The number of hydrogen-bond donors (Lipinski definition) is 3. The van der Waals surface area contributed by atoms with Crippen LogP contribution in [0.3, 0.4) is 0 Å². The van der Waals surface area contributed by atoms with E-state index in [1.54, 1.807) is 33.5 Å². The van der Waals surface area contributed by atoms with Crippen LogP contribution in [0.5, 0.6) is 5.75 Å². The van der Waals surface area contributed by atoms with E-state index in [0.29, 0.717) is 69.1 Å². The highest BCUT2D eigenvalue weighted by Crippen LogP contribution is 2.37. The number of amides is 1. The number of nitrogens with zero attached hydrogens (tertiary/aromatic N) is 2. The molecule has 6 rings (SSSR count). The molecule has 12 nitrogen and oxygen atoms in total. The number of aliphatic hydroxyl groups is 1. The molecule has 0 radical (unpaired) electrons. The molecule has 0 saturated carbocycles. The van der Waals surface area contributed by atoms with Gasteiger partial charge >= 0.3 is 0 Å². The highest BCUT2D eigenvalue weighted by Gasteiger charge is 2.44. The summed E-state index contributed by atoms with van der Waals surface area (Å²) in [7, 11) is -7.41. The minimum atomic E-state index is -3.79. The molecule has 0 aromatic heterocycles. The number of carbonyl (C=O) groups is 1. The van der Waals surface area contributed by atoms with Crippen LogP contribution in [-0.4, -0.2) is 107 Å². The summed E-state index contributed by atoms with van der Waals surface area (Å²) < 4.78 is 68.3. The van der Waals surface area contributed by atoms with Crippen molar-refractivity contribution in [2.75, 3.05) is 52.5 Å². The number of aliphatic hydroxyl groups excluding tert-OH is 1. The second-order valence-electron chi connectivity index (χ2n) is 12.5. The highest BCUT2D eigenvalue weighted by atomic mass is 32.2. The van der Waals surface area contributed by atoms with Crippen LogP contribution in [0, 0.1) is 0 Å². The number of carbonyl (C=O) groups excluding carboxylic acids is 1. The van der Waals surface area contributed by atoms with E-state index in [2.05, 4.69) is 10.0 Å². The SMILES string of the molecule is O=C1CCCN1CCNS(=O)(=O)c1cccc(OC[C@@H](O)CNC2COC3(CCN(S(=O)(=O)c4ccc5ccccc5c4)CC3)C2)c1. The predicted molar refractivity (Wildman–Crippen MR) is 176 cm³/mol. The summed E-state index contributed by atoms with van der Waals surface area (Å²) in [5, 5.41) is 15.8. The van der Waals surface area contributed by atoms with Crippen molar-refractivity contribution < 1.29 is 36.2 Å². The molecule has 3 fully saturated rings. The standard InChI is InChI=1S/C33H42N4O8S2/c38-28(24-44-29-7-3-8-30(20-29)46(40,41)35-14-18-36-15-4-9-32(36)39)22-34-27-21-33(45-23-27)12-16-37(17-13-33)47(42,43)31-11-10-25-5-1-2-6-26(25)19-31/h1-3,5-8,10-11,19-20,27-28,34-35,38H,4,9,12-18,21-24H2/t27?,28-/m0/s1. The third kappa shape index (κ3) is 7.96. The van der Waals surface area contributed by atoms with Crippen molar-refractivity contribution >= 4 is 36.7 Å². The second-order valence-corrected chi connectivity index (χ2v) is 16.2. The molecule has 3 aliphatic rings. The zero-order valence-corrected chi connectivity index (χ0v) is 27.8. The average Bonchev–Trinajstić information content (AvgIpc) is 3.67. The summed E-state index contributed by atoms with van der Waals surface area (Å²) in [5.74, 6) is 0.356. The number of sulfonamides is 2. The van der Waals surface area contributed by atoms with Crippen molar-refractivity contribution in [1.29, 1.82) is 0 Å². The van der Waals surface area contributed by atoms with E-state index in [1.807, 2.05) is 30.3 Å². The number of hydrogen-bond acceptors (Lipinski definition) is 9. The first kappa shape index (κ1) is 33.8. The van der Waals surface area contributed by atoms with Crippen molar-refractivity contribution in [3.8, 4) is 5.75 Å². The van der Waals surface area contributed by atoms with Crippen LogP contribution < -0.4 is 14.8 Å². The first-order chi connectivity index (χ1) is 22.5. The van der Waals surface area contributed by atoms with E-state index in [1.165, 1.54) is 12.1 Å². The number of fused-ring (bicyclic) bond motifs is 1. The number of piperidine rings is 1. The molecule has 3 N–H and O–H groups in total. The maximum Gasteiger partial charge on any atom is 0.243 e. The van der Waals surface area contributed by atoms with Gasteiger partial charge in [-0.25, -0.2) is 21.6 Å². The van der Waals surface area contributed by atoms with Gasteiger partial charge in [-0.15, -0.1) is 0 Å². The molecule has 3 aliphatic heterocycles. The van der Waals surface area contributed by atoms with Gasteiger partial charge in [0.15, 0.2) is 0 Å². The number of benzene rings is 3. The van der Waals surface area contributed by atoms with E-state index in [9.17, 15) is 26.7 Å². The third-order valence-electron chi connectivity index (χ3n) is 9.25. The molecule has 0 aliphatic carbocycles. The van der Waals surface area contributed by atoms with Crippen molar-refractivity contribution in [3.63, 3.8) is 0 Å². The van der Waals surface area contributed by atoms with Crippen LogP contribution in [0.4, 0.5) is 0 Å². The fourth-order valence-electron chi connectivity index (χ4n) is 6.56. The number of likely N-dealkylation sites (tertiary alicyclic amines) is 1. The molecule has 3 aromatic rings. The van der Waals surface area contributed by atoms with E-state index in [0.717, 1.165) is 17.2 Å². The molecule has 3 heterocycles. The number of ether oxygens (including phenoxy) is 2. The minimum Gasteiger partial charge on any atom is -0.491 e. The van der Waals surface area contributed by atoms with Gasteiger partial charge in [-0.2, -0.15) is 4.31 Å². The van der Waals surface area contributed by atoms with E-state index in [-0.39, 0.29) is 36.5 Å². The Hall–Kier alpha value is -3.11. The van der Waals surface area contributed by atoms with Gasteiger partial charge in [0, 0.05) is 57.8 Å². The lowest BCUT2D eigenvalue weighted by molar-refractivity contribution is -0.127. The summed E-state index contributed by atoms with van der Waals surface area (Å²) in [6.45, 7) is 2.52. The molecule has 1 spiro atoms. The summed E-state index contributed by atoms with van der Waals surface area (Å²) in [6, 6.07) is 19.0. The second kappa shape index (κ2) is 14.2. The van der Waals surface area contributed by atoms with Crippen molar-refractivity contribution in [2.24, 2.45) is 0 Å². The maximum absolute atomic E-state index is 13.4. The molecular formula is C33H42N4O8S2. The van der Waals surface area contributed by atoms with Crippen LogP contribution in [-0.2, 0) is 29.6 Å². The van der Waals surface area contributed by atoms with Crippen molar-refractivity contribution in [3.05, 3.63) is 66.7 Å². The van der Waals surface area contributed by atoms with Crippen molar-refractivity contribution in [1.82, 2.24) is 19.2 Å². The normalized spacial score (nSPS) is 21.1. The maximum atomic E-state index is 13.4. The molecular weight excluding hydrogens is 645 g/mol. The third-order valence-corrected chi connectivity index (χ3v) is 12.6. The van der Waals surface area contributed by atoms with Gasteiger partial charge < -0.3 is 24.8 Å². The van der Waals surface area contributed by atoms with Crippen LogP contribution >= 0.6 is 0 Å². The molecule has 254 valence electrons. The lowest BCUT2D eigenvalue weighted by Crippen LogP contribution is -2.47. The van der Waals surface area contributed by atoms with Crippen LogP contribution in [0.2, 0.25) is 0 Å². The Morgan fingerprint density at radius 3 is 2.51 bits per heavy atom. The van der Waals surface area contributed by atoms with Crippen LogP contribution in [0.1, 0.15) is 32.1 Å². The Labute approximate surface area is 276 Å². The summed E-state index contributed by atoms with van der Waals surface area (Å²) in [5.41, 5.74) is -0.404. The van der Waals surface area contributed by atoms with Crippen LogP contribution in [0.25, 0.3) is 10.8 Å². The first-order valence-corrected chi connectivity index (χ1v) is 19.0. The Bertz CT molecular complexity index is 1790. The molecule has 3 saturated heterocycles. The van der Waals surface area contributed by atoms with Gasteiger partial charge in [0.25, 0.3) is 0 Å². The quantitative estimate of drug-likeness (QED) is 0.245. The molecule has 47 heavy (non-hydrogen) atoms. The lowest BCUT2D eigenvalue weighted by atomic mass is 9.88. The topological polar surface area (TPSA) is 155 Å². The van der Waals surface area contributed by atoms with E-state index < -0.39 is 31.8 Å². The molecule has 1 amide bonds. The number of rotatable bonds is 13. The monoisotopic (exact) mass is 686 g/mol. The first-order valence-electron chi connectivity index (χ1n) is 16.1. The Morgan fingerprint density at radius 1 is 0.957 bits per heavy atom. The van der Waals surface area contributed by atoms with E-state index >= 15 is 0 Å². The molecule has 0 bridgehead atoms.